The van der Waals surface area contributed by atoms with E-state index in [0.717, 1.165) is 108 Å². The first-order chi connectivity index (χ1) is 50.2. The summed E-state index contributed by atoms with van der Waals surface area (Å²) in [6.45, 7) is 12.0. The summed E-state index contributed by atoms with van der Waals surface area (Å²) < 4.78 is 68.9. The van der Waals surface area contributed by atoms with Crippen LogP contribution >= 0.6 is 15.6 Å². The second-order valence-corrected chi connectivity index (χ2v) is 34.9. The molecule has 2 unspecified atom stereocenters. The summed E-state index contributed by atoms with van der Waals surface area (Å²) in [5, 5.41) is 10.7. The fraction of sp³-hybridized carbons (Fsp3) is 0.953. The molecule has 618 valence electrons. The van der Waals surface area contributed by atoms with Crippen molar-refractivity contribution in [1.29, 1.82) is 0 Å². The van der Waals surface area contributed by atoms with Crippen molar-refractivity contribution in [3.05, 3.63) is 0 Å². The zero-order valence-electron chi connectivity index (χ0n) is 68.5. The molecule has 0 fully saturated rings. The maximum Gasteiger partial charge on any atom is 0.472 e. The number of aliphatic hydroxyl groups is 1. The lowest BCUT2D eigenvalue weighted by atomic mass is 10.0. The van der Waals surface area contributed by atoms with Gasteiger partial charge in [0.05, 0.1) is 26.4 Å². The second-order valence-electron chi connectivity index (χ2n) is 32.0. The van der Waals surface area contributed by atoms with Crippen LogP contribution in [0.2, 0.25) is 0 Å². The number of aliphatic hydroxyl groups excluding tert-OH is 1. The first-order valence-electron chi connectivity index (χ1n) is 43.8. The van der Waals surface area contributed by atoms with Crippen LogP contribution in [-0.4, -0.2) is 96.7 Å². The Hall–Kier alpha value is -1.94. The average Bonchev–Trinajstić information content (AvgIpc) is 0.919. The van der Waals surface area contributed by atoms with E-state index in [-0.39, 0.29) is 25.7 Å². The zero-order chi connectivity index (χ0) is 76.5. The molecule has 0 aromatic rings. The van der Waals surface area contributed by atoms with Crippen LogP contribution in [0.3, 0.4) is 0 Å². The third-order valence-corrected chi connectivity index (χ3v) is 21.8. The predicted molar refractivity (Wildman–Crippen MR) is 428 cm³/mol. The van der Waals surface area contributed by atoms with Gasteiger partial charge in [0.1, 0.15) is 19.3 Å². The topological polar surface area (TPSA) is 237 Å². The monoisotopic (exact) mass is 1520 g/mol. The maximum atomic E-state index is 13.1. The van der Waals surface area contributed by atoms with Crippen LogP contribution in [0, 0.1) is 17.8 Å². The molecule has 104 heavy (non-hydrogen) atoms. The van der Waals surface area contributed by atoms with Crippen LogP contribution in [-0.2, 0) is 65.4 Å². The molecular weight excluding hydrogens is 1350 g/mol. The molecule has 0 bridgehead atoms. The molecule has 5 atom stereocenters. The van der Waals surface area contributed by atoms with Gasteiger partial charge in [0, 0.05) is 25.7 Å². The number of carbonyl (C=O) groups excluding carboxylic acids is 4. The molecule has 0 saturated heterocycles. The molecule has 19 heteroatoms. The second kappa shape index (κ2) is 75.1. The maximum absolute atomic E-state index is 13.1. The predicted octanol–water partition coefficient (Wildman–Crippen LogP) is 25.7. The van der Waals surface area contributed by atoms with Crippen molar-refractivity contribution in [2.75, 3.05) is 39.6 Å². The van der Waals surface area contributed by atoms with E-state index in [1.54, 1.807) is 0 Å². The molecule has 0 aliphatic heterocycles. The molecule has 0 aliphatic rings. The highest BCUT2D eigenvalue weighted by atomic mass is 31.2. The Morgan fingerprint density at radius 1 is 0.260 bits per heavy atom. The summed E-state index contributed by atoms with van der Waals surface area (Å²) in [6.07, 6.45) is 65.3. The first kappa shape index (κ1) is 102. The minimum Gasteiger partial charge on any atom is -0.462 e. The fourth-order valence-corrected chi connectivity index (χ4v) is 14.8. The molecule has 17 nitrogen and oxygen atoms in total. The smallest absolute Gasteiger partial charge is 0.462 e. The summed E-state index contributed by atoms with van der Waals surface area (Å²) >= 11 is 0. The van der Waals surface area contributed by atoms with Gasteiger partial charge in [-0.2, -0.15) is 0 Å². The highest BCUT2D eigenvalue weighted by Gasteiger charge is 2.30. The van der Waals surface area contributed by atoms with Gasteiger partial charge < -0.3 is 33.8 Å². The molecule has 3 N–H and O–H groups in total. The first-order valence-corrected chi connectivity index (χ1v) is 46.8. The van der Waals surface area contributed by atoms with E-state index < -0.39 is 97.5 Å². The van der Waals surface area contributed by atoms with Crippen molar-refractivity contribution >= 4 is 39.5 Å². The van der Waals surface area contributed by atoms with Crippen molar-refractivity contribution in [2.24, 2.45) is 17.8 Å². The number of hydrogen-bond acceptors (Lipinski definition) is 15. The number of carbonyl (C=O) groups is 4. The summed E-state index contributed by atoms with van der Waals surface area (Å²) in [5.41, 5.74) is 0. The molecule has 0 amide bonds. The van der Waals surface area contributed by atoms with Crippen molar-refractivity contribution in [3.63, 3.8) is 0 Å². The quantitative estimate of drug-likeness (QED) is 0.0222. The van der Waals surface area contributed by atoms with Gasteiger partial charge in [0.15, 0.2) is 12.2 Å². The fourth-order valence-electron chi connectivity index (χ4n) is 13.2. The molecule has 0 heterocycles. The van der Waals surface area contributed by atoms with Gasteiger partial charge in [-0.05, 0) is 43.4 Å². The number of unbranched alkanes of at least 4 members (excludes halogenated alkanes) is 51. The number of phosphoric ester groups is 2. The highest BCUT2D eigenvalue weighted by Crippen LogP contribution is 2.45. The van der Waals surface area contributed by atoms with Crippen LogP contribution in [0.25, 0.3) is 0 Å². The molecule has 0 spiro atoms. The molecule has 0 radical (unpaired) electrons. The Bertz CT molecular complexity index is 2010. The van der Waals surface area contributed by atoms with Crippen molar-refractivity contribution in [1.82, 2.24) is 0 Å². The molecule has 0 aromatic carbocycles. The normalized spacial score (nSPS) is 13.9. The summed E-state index contributed by atoms with van der Waals surface area (Å²) in [6, 6.07) is 0. The summed E-state index contributed by atoms with van der Waals surface area (Å²) in [4.78, 5) is 73.2. The minimum absolute atomic E-state index is 0.107. The van der Waals surface area contributed by atoms with Crippen LogP contribution in [0.15, 0.2) is 0 Å². The van der Waals surface area contributed by atoms with E-state index in [2.05, 4.69) is 48.5 Å². The third-order valence-electron chi connectivity index (χ3n) is 19.9. The van der Waals surface area contributed by atoms with Crippen LogP contribution < -0.4 is 0 Å². The SMILES string of the molecule is CCCCCCCCCCCCCCCCCCCCCCCCC(=O)O[C@H](COC(=O)CCCCCCCCCCCCCCC(C)C)COP(=O)(O)OC[C@@H](O)COP(=O)(O)OC[C@@H](COC(=O)CCCCCCCCCCCC(C)C)OC(=O)CCCCCCCCCCCCCCC(C)C. The summed E-state index contributed by atoms with van der Waals surface area (Å²) in [5.74, 6) is 0.195. The largest absolute Gasteiger partial charge is 0.472 e. The average molecular weight is 1520 g/mol. The molecular formula is C85H166O17P2. The van der Waals surface area contributed by atoms with Crippen molar-refractivity contribution in [3.8, 4) is 0 Å². The number of rotatable bonds is 83. The Morgan fingerprint density at radius 2 is 0.442 bits per heavy atom. The lowest BCUT2D eigenvalue weighted by Gasteiger charge is -2.21. The van der Waals surface area contributed by atoms with E-state index in [9.17, 15) is 43.2 Å². The van der Waals surface area contributed by atoms with Crippen molar-refractivity contribution < 1.29 is 80.2 Å². The molecule has 0 saturated carbocycles. The van der Waals surface area contributed by atoms with Crippen LogP contribution in [0.5, 0.6) is 0 Å². The summed E-state index contributed by atoms with van der Waals surface area (Å²) in [7, 11) is -9.93. The lowest BCUT2D eigenvalue weighted by Crippen LogP contribution is -2.30. The third kappa shape index (κ3) is 78.2. The highest BCUT2D eigenvalue weighted by molar-refractivity contribution is 7.47. The Morgan fingerprint density at radius 3 is 0.654 bits per heavy atom. The van der Waals surface area contributed by atoms with Gasteiger partial charge in [-0.15, -0.1) is 0 Å². The van der Waals surface area contributed by atoms with Crippen molar-refractivity contribution in [2.45, 2.75) is 465 Å². The molecule has 0 aliphatic carbocycles. The lowest BCUT2D eigenvalue weighted by molar-refractivity contribution is -0.161. The van der Waals surface area contributed by atoms with Gasteiger partial charge in [0.2, 0.25) is 0 Å². The van der Waals surface area contributed by atoms with Gasteiger partial charge in [-0.25, -0.2) is 9.13 Å². The van der Waals surface area contributed by atoms with Gasteiger partial charge in [-0.1, -0.05) is 395 Å². The van der Waals surface area contributed by atoms with Crippen LogP contribution in [0.4, 0.5) is 0 Å². The molecule has 0 rings (SSSR count). The van der Waals surface area contributed by atoms with E-state index in [1.807, 2.05) is 0 Å². The van der Waals surface area contributed by atoms with Gasteiger partial charge >= 0.3 is 39.5 Å². The number of ether oxygens (including phenoxy) is 4. The number of esters is 4. The Balaban J connectivity index is 5.24. The van der Waals surface area contributed by atoms with E-state index >= 15 is 0 Å². The molecule has 0 aromatic heterocycles. The number of hydrogen-bond donors (Lipinski definition) is 3. The van der Waals surface area contributed by atoms with E-state index in [1.165, 1.54) is 257 Å². The van der Waals surface area contributed by atoms with Gasteiger partial charge in [-0.3, -0.25) is 37.3 Å². The standard InChI is InChI=1S/C85H166O17P2/c1-8-9-10-11-12-13-14-15-16-17-18-19-20-21-22-23-24-32-39-47-54-61-68-84(89)101-80(72-95-82(87)66-59-52-45-38-31-27-25-29-35-42-49-56-63-76(2)3)74-99-103(91,92)97-70-79(86)71-98-104(93,94)100-75-81(73-96-83(88)67-60-53-46-41-34-37-44-51-58-65-78(6)7)102-85(90)69-62-55-48-40-33-28-26-30-36-43-50-57-64-77(4)5/h76-81,86H,8-75H2,1-7H3,(H,91,92)(H,93,94)/t79-,80-,81-/m1/s1. The number of phosphoric acid groups is 2. The van der Waals surface area contributed by atoms with Crippen LogP contribution in [0.1, 0.15) is 447 Å². The zero-order valence-corrected chi connectivity index (χ0v) is 70.3. The van der Waals surface area contributed by atoms with E-state index in [4.69, 9.17) is 37.0 Å². The van der Waals surface area contributed by atoms with Gasteiger partial charge in [0.25, 0.3) is 0 Å². The van der Waals surface area contributed by atoms with E-state index in [0.29, 0.717) is 25.7 Å². The minimum atomic E-state index is -4.97. The Labute approximate surface area is 638 Å². The Kier molecular flexibility index (Phi) is 73.7.